The van der Waals surface area contributed by atoms with Gasteiger partial charge in [0, 0.05) is 6.07 Å². The average molecular weight is 366 g/mol. The van der Waals surface area contributed by atoms with Crippen molar-refractivity contribution in [3.63, 3.8) is 0 Å². The van der Waals surface area contributed by atoms with E-state index in [1.807, 2.05) is 44.2 Å². The number of hydrogen-bond donors (Lipinski definition) is 0. The Bertz CT molecular complexity index is 998. The van der Waals surface area contributed by atoms with Crippen LogP contribution in [-0.2, 0) is 6.42 Å². The first-order chi connectivity index (χ1) is 12.9. The van der Waals surface area contributed by atoms with Gasteiger partial charge in [-0.1, -0.05) is 32.9 Å². The van der Waals surface area contributed by atoms with E-state index in [0.29, 0.717) is 35.0 Å². The molecule has 142 valence electrons. The van der Waals surface area contributed by atoms with Gasteiger partial charge < -0.3 is 13.9 Å². The summed E-state index contributed by atoms with van der Waals surface area (Å²) in [5.41, 5.74) is 2.55. The molecule has 3 aromatic rings. The van der Waals surface area contributed by atoms with Gasteiger partial charge >= 0.3 is 0 Å². The Hall–Kier alpha value is -2.75. The fourth-order valence-corrected chi connectivity index (χ4v) is 3.08. The smallest absolute Gasteiger partial charge is 0.235 e. The second-order valence-corrected chi connectivity index (χ2v) is 6.88. The molecule has 27 heavy (non-hydrogen) atoms. The normalized spacial score (nSPS) is 11.2. The van der Waals surface area contributed by atoms with Crippen molar-refractivity contribution in [2.24, 2.45) is 0 Å². The Morgan fingerprint density at radius 3 is 2.37 bits per heavy atom. The summed E-state index contributed by atoms with van der Waals surface area (Å²) in [7, 11) is 0. The van der Waals surface area contributed by atoms with Gasteiger partial charge in [0.05, 0.1) is 12.0 Å². The van der Waals surface area contributed by atoms with Crippen molar-refractivity contribution in [3.05, 3.63) is 63.5 Å². The fourth-order valence-electron chi connectivity index (χ4n) is 3.08. The van der Waals surface area contributed by atoms with E-state index in [1.165, 1.54) is 5.56 Å². The molecule has 0 radical (unpaired) electrons. The van der Waals surface area contributed by atoms with Gasteiger partial charge in [-0.3, -0.25) is 4.79 Å². The molecule has 0 N–H and O–H groups in total. The highest BCUT2D eigenvalue weighted by molar-refractivity contribution is 5.81. The molecule has 0 aliphatic heterocycles. The minimum atomic E-state index is -0.167. The van der Waals surface area contributed by atoms with Crippen molar-refractivity contribution in [2.45, 2.75) is 47.0 Å². The highest BCUT2D eigenvalue weighted by Gasteiger charge is 2.16. The lowest BCUT2D eigenvalue weighted by molar-refractivity contribution is 0.336. The zero-order chi connectivity index (χ0) is 19.6. The SMILES string of the molecule is CCOc1cc2oc(C)c(Oc3ccc(C(C)C)cc3)c(=O)c2cc1CC. The van der Waals surface area contributed by atoms with E-state index in [-0.39, 0.29) is 11.2 Å². The van der Waals surface area contributed by atoms with Crippen LogP contribution in [0.5, 0.6) is 17.2 Å². The van der Waals surface area contributed by atoms with Gasteiger partial charge in [0.1, 0.15) is 22.8 Å². The summed E-state index contributed by atoms with van der Waals surface area (Å²) >= 11 is 0. The molecule has 0 aliphatic carbocycles. The minimum absolute atomic E-state index is 0.167. The van der Waals surface area contributed by atoms with Crippen molar-refractivity contribution in [3.8, 4) is 17.2 Å². The zero-order valence-electron chi connectivity index (χ0n) is 16.6. The Kier molecular flexibility index (Phi) is 5.54. The summed E-state index contributed by atoms with van der Waals surface area (Å²) in [6.07, 6.45) is 0.769. The van der Waals surface area contributed by atoms with E-state index in [1.54, 1.807) is 13.0 Å². The van der Waals surface area contributed by atoms with Gasteiger partial charge in [0.25, 0.3) is 0 Å². The first-order valence-electron chi connectivity index (χ1n) is 9.45. The van der Waals surface area contributed by atoms with Gasteiger partial charge in [-0.2, -0.15) is 0 Å². The lowest BCUT2D eigenvalue weighted by Gasteiger charge is -2.13. The third-order valence-electron chi connectivity index (χ3n) is 4.64. The van der Waals surface area contributed by atoms with Gasteiger partial charge in [-0.15, -0.1) is 0 Å². The van der Waals surface area contributed by atoms with Crippen LogP contribution in [0.2, 0.25) is 0 Å². The lowest BCUT2D eigenvalue weighted by atomic mass is 10.0. The number of hydrogen-bond acceptors (Lipinski definition) is 4. The standard InChI is InChI=1S/C23H26O4/c1-6-16-12-19-21(13-20(16)25-7-2)26-15(5)23(22(19)24)27-18-10-8-17(9-11-18)14(3)4/h8-14H,6-7H2,1-5H3. The van der Waals surface area contributed by atoms with Crippen LogP contribution in [0.1, 0.15) is 50.5 Å². The quantitative estimate of drug-likeness (QED) is 0.538. The largest absolute Gasteiger partial charge is 0.493 e. The minimum Gasteiger partial charge on any atom is -0.493 e. The first-order valence-corrected chi connectivity index (χ1v) is 9.45. The maximum Gasteiger partial charge on any atom is 0.235 e. The number of rotatable bonds is 6. The molecule has 0 aliphatic rings. The van der Waals surface area contributed by atoms with Gasteiger partial charge in [0.2, 0.25) is 11.2 Å². The molecule has 1 heterocycles. The summed E-state index contributed by atoms with van der Waals surface area (Å²) in [4.78, 5) is 13.0. The van der Waals surface area contributed by atoms with Gasteiger partial charge in [0.15, 0.2) is 0 Å². The van der Waals surface area contributed by atoms with Crippen LogP contribution in [0.3, 0.4) is 0 Å². The van der Waals surface area contributed by atoms with Crippen LogP contribution >= 0.6 is 0 Å². The second-order valence-electron chi connectivity index (χ2n) is 6.88. The Morgan fingerprint density at radius 2 is 1.78 bits per heavy atom. The molecule has 0 fully saturated rings. The maximum absolute atomic E-state index is 13.0. The topological polar surface area (TPSA) is 48.7 Å². The fraction of sp³-hybridized carbons (Fsp3) is 0.348. The lowest BCUT2D eigenvalue weighted by Crippen LogP contribution is -2.08. The van der Waals surface area contributed by atoms with E-state index < -0.39 is 0 Å². The molecule has 0 spiro atoms. The second kappa shape index (κ2) is 7.87. The maximum atomic E-state index is 13.0. The van der Waals surface area contributed by atoms with Crippen molar-refractivity contribution in [1.82, 2.24) is 0 Å². The summed E-state index contributed by atoms with van der Waals surface area (Å²) < 4.78 is 17.5. The third-order valence-corrected chi connectivity index (χ3v) is 4.64. The molecule has 4 heteroatoms. The predicted octanol–water partition coefficient (Wildman–Crippen LogP) is 5.98. The number of fused-ring (bicyclic) bond motifs is 1. The number of benzene rings is 2. The molecular weight excluding hydrogens is 340 g/mol. The molecule has 4 nitrogen and oxygen atoms in total. The molecule has 3 rings (SSSR count). The summed E-state index contributed by atoms with van der Waals surface area (Å²) in [6, 6.07) is 11.4. The molecular formula is C23H26O4. The Balaban J connectivity index is 2.05. The van der Waals surface area contributed by atoms with Crippen LogP contribution in [0.15, 0.2) is 45.6 Å². The summed E-state index contributed by atoms with van der Waals surface area (Å²) in [5.74, 6) is 2.50. The van der Waals surface area contributed by atoms with Gasteiger partial charge in [-0.05, 0) is 55.5 Å². The van der Waals surface area contributed by atoms with Crippen molar-refractivity contribution >= 4 is 11.0 Å². The predicted molar refractivity (Wildman–Crippen MR) is 108 cm³/mol. The summed E-state index contributed by atoms with van der Waals surface area (Å²) in [5, 5.41) is 0.509. The van der Waals surface area contributed by atoms with E-state index in [0.717, 1.165) is 17.7 Å². The van der Waals surface area contributed by atoms with E-state index in [4.69, 9.17) is 13.9 Å². The van der Waals surface area contributed by atoms with Crippen LogP contribution < -0.4 is 14.9 Å². The molecule has 0 saturated carbocycles. The monoisotopic (exact) mass is 366 g/mol. The molecule has 1 aromatic heterocycles. The van der Waals surface area contributed by atoms with Gasteiger partial charge in [-0.25, -0.2) is 0 Å². The molecule has 0 unspecified atom stereocenters. The van der Waals surface area contributed by atoms with Crippen molar-refractivity contribution in [2.75, 3.05) is 6.61 Å². The van der Waals surface area contributed by atoms with E-state index >= 15 is 0 Å². The highest BCUT2D eigenvalue weighted by Crippen LogP contribution is 2.30. The van der Waals surface area contributed by atoms with Crippen molar-refractivity contribution in [1.29, 1.82) is 0 Å². The average Bonchev–Trinajstić information content (AvgIpc) is 2.65. The van der Waals surface area contributed by atoms with E-state index in [9.17, 15) is 4.79 Å². The summed E-state index contributed by atoms with van der Waals surface area (Å²) in [6.45, 7) is 10.6. The van der Waals surface area contributed by atoms with E-state index in [2.05, 4.69) is 13.8 Å². The molecule has 0 amide bonds. The zero-order valence-corrected chi connectivity index (χ0v) is 16.6. The number of aryl methyl sites for hydroxylation is 2. The molecule has 0 atom stereocenters. The van der Waals surface area contributed by atoms with Crippen LogP contribution in [0.25, 0.3) is 11.0 Å². The van der Waals surface area contributed by atoms with Crippen LogP contribution in [0.4, 0.5) is 0 Å². The molecule has 2 aromatic carbocycles. The van der Waals surface area contributed by atoms with Crippen molar-refractivity contribution < 1.29 is 13.9 Å². The molecule has 0 saturated heterocycles. The Morgan fingerprint density at radius 1 is 1.07 bits per heavy atom. The van der Waals surface area contributed by atoms with Crippen LogP contribution in [-0.4, -0.2) is 6.61 Å². The molecule has 0 bridgehead atoms. The third kappa shape index (κ3) is 3.85. The number of ether oxygens (including phenoxy) is 2. The first kappa shape index (κ1) is 19.0. The Labute approximate surface area is 159 Å². The highest BCUT2D eigenvalue weighted by atomic mass is 16.5. The van der Waals surface area contributed by atoms with Crippen LogP contribution in [0, 0.1) is 6.92 Å².